The van der Waals surface area contributed by atoms with Gasteiger partial charge in [-0.25, -0.2) is 13.2 Å². The number of hydrogen-bond acceptors (Lipinski definition) is 6. The third kappa shape index (κ3) is 4.55. The summed E-state index contributed by atoms with van der Waals surface area (Å²) in [7, 11) is -3.29. The molecule has 1 amide bonds. The van der Waals surface area contributed by atoms with E-state index in [1.54, 1.807) is 30.2 Å². The van der Waals surface area contributed by atoms with Crippen LogP contribution >= 0.6 is 12.2 Å². The van der Waals surface area contributed by atoms with Crippen LogP contribution in [0.2, 0.25) is 0 Å². The molecule has 1 saturated heterocycles. The van der Waals surface area contributed by atoms with Gasteiger partial charge >= 0.3 is 6.09 Å². The molecule has 0 radical (unpaired) electrons. The lowest BCUT2D eigenvalue weighted by molar-refractivity contribution is 0.146. The molecule has 1 fully saturated rings. The number of piperidine rings is 1. The smallest absolute Gasteiger partial charge is 0.403 e. The number of fused-ring (bicyclic) bond motifs is 2. The van der Waals surface area contributed by atoms with Crippen molar-refractivity contribution in [1.29, 1.82) is 0 Å². The Bertz CT molecular complexity index is 1190. The minimum Gasteiger partial charge on any atom is -0.403 e. The number of rotatable bonds is 1. The highest BCUT2D eigenvalue weighted by molar-refractivity contribution is 7.90. The van der Waals surface area contributed by atoms with Crippen LogP contribution in [-0.2, 0) is 27.4 Å². The molecule has 2 heterocycles. The quantitative estimate of drug-likeness (QED) is 0.605. The third-order valence-corrected chi connectivity index (χ3v) is 6.97. The van der Waals surface area contributed by atoms with E-state index in [1.165, 1.54) is 11.8 Å². The molecule has 4 rings (SSSR count). The second kappa shape index (κ2) is 8.51. The van der Waals surface area contributed by atoms with E-state index in [0.29, 0.717) is 30.8 Å². The predicted molar refractivity (Wildman–Crippen MR) is 123 cm³/mol. The molecule has 8 heteroatoms. The van der Waals surface area contributed by atoms with Gasteiger partial charge in [-0.15, -0.1) is 0 Å². The number of likely N-dealkylation sites (tertiary alicyclic amines) is 1. The average molecular weight is 457 g/mol. The molecule has 0 spiro atoms. The fourth-order valence-corrected chi connectivity index (χ4v) is 5.01. The molecule has 0 saturated carbocycles. The Hall–Kier alpha value is -2.58. The molecule has 1 aliphatic carbocycles. The molecule has 2 aromatic rings. The first-order chi connectivity index (χ1) is 14.7. The number of carbonyl (C=O) groups excluding carboxylic acids is 1. The first-order valence-corrected chi connectivity index (χ1v) is 12.5. The van der Waals surface area contributed by atoms with Gasteiger partial charge in [0.15, 0.2) is 14.9 Å². The first kappa shape index (κ1) is 21.6. The van der Waals surface area contributed by atoms with E-state index >= 15 is 0 Å². The molecule has 31 heavy (non-hydrogen) atoms. The van der Waals surface area contributed by atoms with Gasteiger partial charge in [0.25, 0.3) is 0 Å². The van der Waals surface area contributed by atoms with E-state index in [2.05, 4.69) is 6.07 Å². The second-order valence-electron chi connectivity index (χ2n) is 7.93. The highest BCUT2D eigenvalue weighted by Crippen LogP contribution is 2.38. The monoisotopic (exact) mass is 456 g/mol. The number of benzene rings is 1. The van der Waals surface area contributed by atoms with Crippen LogP contribution in [0.25, 0.3) is 5.57 Å². The number of nitrogens with zero attached hydrogens (tertiary/aromatic N) is 2. The van der Waals surface area contributed by atoms with Crippen LogP contribution in [0.4, 0.5) is 4.79 Å². The van der Waals surface area contributed by atoms with E-state index < -0.39 is 15.9 Å². The number of pyridine rings is 1. The number of thiocarbonyl (C=S) groups is 1. The molecule has 6 nitrogen and oxygen atoms in total. The average Bonchev–Trinajstić information content (AvgIpc) is 2.89. The normalized spacial score (nSPS) is 16.3. The standard InChI is InChI=1S/C23H24N2O4S2/c1-15(30)29-23(26)25-12-9-16(10-13-25)21-20-8-7-19(31(2,27)28)14-18(20)6-5-17-4-3-11-24-22(17)21/h3-4,7-8,11,14H,5-6,9-10,12-13H2,1-2H3. The highest BCUT2D eigenvalue weighted by atomic mass is 32.2. The Morgan fingerprint density at radius 3 is 2.48 bits per heavy atom. The molecule has 0 N–H and O–H groups in total. The molecular formula is C23H24N2O4S2. The first-order valence-electron chi connectivity index (χ1n) is 10.2. The fraction of sp³-hybridized carbons (Fsp3) is 0.348. The van der Waals surface area contributed by atoms with Crippen LogP contribution in [0, 0.1) is 0 Å². The zero-order valence-electron chi connectivity index (χ0n) is 17.6. The highest BCUT2D eigenvalue weighted by Gasteiger charge is 2.27. The number of sulfone groups is 1. The van der Waals surface area contributed by atoms with E-state index in [4.69, 9.17) is 21.9 Å². The molecule has 2 aliphatic rings. The number of carbonyl (C=O) groups is 1. The molecular weight excluding hydrogens is 432 g/mol. The number of aryl methyl sites for hydroxylation is 2. The lowest BCUT2D eigenvalue weighted by Crippen LogP contribution is -2.37. The van der Waals surface area contributed by atoms with Crippen LogP contribution < -0.4 is 0 Å². The van der Waals surface area contributed by atoms with E-state index in [1.807, 2.05) is 12.1 Å². The van der Waals surface area contributed by atoms with Gasteiger partial charge in [-0.05, 0) is 72.8 Å². The topological polar surface area (TPSA) is 76.6 Å². The van der Waals surface area contributed by atoms with Crippen LogP contribution in [-0.4, -0.2) is 48.8 Å². The second-order valence-corrected chi connectivity index (χ2v) is 10.5. The number of amides is 1. The molecule has 1 aromatic heterocycles. The SMILES string of the molecule is CC(=S)OC(=O)N1CCC(=C2c3ccc(S(C)(=O)=O)cc3CCc3cccnc32)CC1. The minimum absolute atomic E-state index is 0.214. The Morgan fingerprint density at radius 1 is 1.10 bits per heavy atom. The summed E-state index contributed by atoms with van der Waals surface area (Å²) in [6.45, 7) is 2.67. The van der Waals surface area contributed by atoms with Gasteiger partial charge in [0, 0.05) is 38.0 Å². The Kier molecular flexibility index (Phi) is 5.94. The van der Waals surface area contributed by atoms with Crippen molar-refractivity contribution in [2.75, 3.05) is 19.3 Å². The zero-order chi connectivity index (χ0) is 22.2. The maximum absolute atomic E-state index is 12.2. The summed E-state index contributed by atoms with van der Waals surface area (Å²) in [5, 5.41) is 0.214. The Morgan fingerprint density at radius 2 is 1.81 bits per heavy atom. The molecule has 1 aliphatic heterocycles. The van der Waals surface area contributed by atoms with Gasteiger partial charge in [0.2, 0.25) is 0 Å². The van der Waals surface area contributed by atoms with Gasteiger partial charge < -0.3 is 9.64 Å². The summed E-state index contributed by atoms with van der Waals surface area (Å²) in [6, 6.07) is 9.41. The summed E-state index contributed by atoms with van der Waals surface area (Å²) < 4.78 is 29.3. The van der Waals surface area contributed by atoms with Crippen LogP contribution in [0.1, 0.15) is 42.1 Å². The predicted octanol–water partition coefficient (Wildman–Crippen LogP) is 3.97. The van der Waals surface area contributed by atoms with E-state index in [0.717, 1.165) is 40.8 Å². The lowest BCUT2D eigenvalue weighted by atomic mass is 9.88. The van der Waals surface area contributed by atoms with Crippen LogP contribution in [0.3, 0.4) is 0 Å². The number of aromatic nitrogens is 1. The maximum Gasteiger partial charge on any atom is 0.415 e. The van der Waals surface area contributed by atoms with E-state index in [-0.39, 0.29) is 5.05 Å². The van der Waals surface area contributed by atoms with Gasteiger partial charge in [0.1, 0.15) is 0 Å². The van der Waals surface area contributed by atoms with Gasteiger partial charge in [-0.2, -0.15) is 0 Å². The van der Waals surface area contributed by atoms with Gasteiger partial charge in [0.05, 0.1) is 10.6 Å². The zero-order valence-corrected chi connectivity index (χ0v) is 19.2. The summed E-state index contributed by atoms with van der Waals surface area (Å²) in [5.41, 5.74) is 6.45. The summed E-state index contributed by atoms with van der Waals surface area (Å²) in [6.07, 6.45) is 5.57. The largest absolute Gasteiger partial charge is 0.415 e. The summed E-state index contributed by atoms with van der Waals surface area (Å²) in [4.78, 5) is 18.9. The van der Waals surface area contributed by atoms with Gasteiger partial charge in [-0.1, -0.05) is 17.7 Å². The lowest BCUT2D eigenvalue weighted by Gasteiger charge is -2.29. The van der Waals surface area contributed by atoms with Crippen molar-refractivity contribution in [3.05, 3.63) is 64.5 Å². The van der Waals surface area contributed by atoms with Crippen molar-refractivity contribution in [3.8, 4) is 0 Å². The summed E-state index contributed by atoms with van der Waals surface area (Å²) >= 11 is 4.88. The van der Waals surface area contributed by atoms with Gasteiger partial charge in [-0.3, -0.25) is 4.98 Å². The van der Waals surface area contributed by atoms with Crippen molar-refractivity contribution >= 4 is 38.8 Å². The van der Waals surface area contributed by atoms with E-state index in [9.17, 15) is 13.2 Å². The molecule has 0 unspecified atom stereocenters. The molecule has 0 atom stereocenters. The van der Waals surface area contributed by atoms with Crippen molar-refractivity contribution in [2.24, 2.45) is 0 Å². The maximum atomic E-state index is 12.2. The summed E-state index contributed by atoms with van der Waals surface area (Å²) in [5.74, 6) is 0. The Labute approximate surface area is 187 Å². The van der Waals surface area contributed by atoms with Crippen molar-refractivity contribution in [3.63, 3.8) is 0 Å². The van der Waals surface area contributed by atoms with Crippen LogP contribution in [0.15, 0.2) is 47.0 Å². The number of ether oxygens (including phenoxy) is 1. The minimum atomic E-state index is -3.29. The molecule has 162 valence electrons. The van der Waals surface area contributed by atoms with Crippen molar-refractivity contribution in [2.45, 2.75) is 37.5 Å². The Balaban J connectivity index is 1.77. The van der Waals surface area contributed by atoms with Crippen LogP contribution in [0.5, 0.6) is 0 Å². The third-order valence-electron chi connectivity index (χ3n) is 5.78. The molecule has 1 aromatic carbocycles. The molecule has 0 bridgehead atoms. The van der Waals surface area contributed by atoms with Crippen molar-refractivity contribution < 1.29 is 17.9 Å². The van der Waals surface area contributed by atoms with Crippen molar-refractivity contribution in [1.82, 2.24) is 9.88 Å². The number of hydrogen-bond donors (Lipinski definition) is 0. The fourth-order valence-electron chi connectivity index (χ4n) is 4.27.